The van der Waals surface area contributed by atoms with Gasteiger partial charge in [-0.1, -0.05) is 0 Å². The van der Waals surface area contributed by atoms with Crippen LogP contribution in [0.3, 0.4) is 0 Å². The van der Waals surface area contributed by atoms with E-state index in [1.54, 1.807) is 0 Å². The van der Waals surface area contributed by atoms with Crippen LogP contribution in [0.4, 0.5) is 0 Å². The first kappa shape index (κ1) is 50.2. The molecule has 0 aliphatic carbocycles. The van der Waals surface area contributed by atoms with E-state index in [1.165, 1.54) is 0 Å². The molecule has 0 radical (unpaired) electrons. The Bertz CT molecular complexity index is 577. The minimum atomic E-state index is -5.30. The Labute approximate surface area is 186 Å². The minimum Gasteiger partial charge on any atom is -0.412 e. The molecule has 0 aliphatic rings. The van der Waals surface area contributed by atoms with Crippen LogP contribution in [0.5, 0.6) is 0 Å². The van der Waals surface area contributed by atoms with E-state index in [-0.39, 0.29) is 53.3 Å². The van der Waals surface area contributed by atoms with Crippen LogP contribution < -0.4 is 11.5 Å². The lowest BCUT2D eigenvalue weighted by molar-refractivity contribution is 0.121. The summed E-state index contributed by atoms with van der Waals surface area (Å²) in [7, 11) is -21.2. The summed E-state index contributed by atoms with van der Waals surface area (Å²) in [4.78, 5) is 69.0. The van der Waals surface area contributed by atoms with Gasteiger partial charge < -0.3 is 88.2 Å². The van der Waals surface area contributed by atoms with Gasteiger partial charge in [0.25, 0.3) is 10.2 Å². The molecule has 0 unspecified atom stereocenters. The lowest BCUT2D eigenvalue weighted by atomic mass is 10.3. The number of rotatable bonds is 10. The fourth-order valence-corrected chi connectivity index (χ4v) is 6.11. The molecule has 0 amide bonds. The van der Waals surface area contributed by atoms with E-state index in [4.69, 9.17) is 50.6 Å². The Morgan fingerprint density at radius 3 is 0.727 bits per heavy atom. The Kier molecular flexibility index (Phi) is 26.8. The molecule has 0 saturated heterocycles. The van der Waals surface area contributed by atoms with Crippen LogP contribution in [-0.2, 0) is 18.3 Å². The van der Waals surface area contributed by atoms with E-state index in [0.717, 1.165) is 0 Å². The molecule has 24 N–H and O–H groups in total. The van der Waals surface area contributed by atoms with Crippen molar-refractivity contribution in [3.05, 3.63) is 0 Å². The Balaban J connectivity index is -0.0000000712. The molecule has 0 heterocycles. The van der Waals surface area contributed by atoms with E-state index in [0.29, 0.717) is 0 Å². The maximum atomic E-state index is 10.7. The van der Waals surface area contributed by atoms with Gasteiger partial charge in [-0.25, -0.2) is 0 Å². The van der Waals surface area contributed by atoms with Crippen molar-refractivity contribution in [3.63, 3.8) is 0 Å². The molecule has 0 bridgehead atoms. The molecule has 0 aliphatic heterocycles. The summed E-state index contributed by atoms with van der Waals surface area (Å²) in [6.07, 6.45) is -1.71. The lowest BCUT2D eigenvalue weighted by Gasteiger charge is -2.28. The second kappa shape index (κ2) is 17.6. The van der Waals surface area contributed by atoms with Crippen molar-refractivity contribution in [2.75, 3.05) is 13.1 Å². The molecule has 0 aromatic rings. The fraction of sp³-hybridized carbons (Fsp3) is 1.00. The van der Waals surface area contributed by atoms with Crippen LogP contribution >= 0.6 is 30.4 Å². The predicted molar refractivity (Wildman–Crippen MR) is 113 cm³/mol. The molecule has 0 spiro atoms. The zero-order valence-electron chi connectivity index (χ0n) is 16.8. The number of aliphatic hydroxyl groups is 2. The van der Waals surface area contributed by atoms with Gasteiger partial charge in [-0.3, -0.25) is 18.3 Å². The van der Waals surface area contributed by atoms with Crippen LogP contribution in [0, 0.1) is 0 Å². The highest BCUT2D eigenvalue weighted by molar-refractivity contribution is 7.72. The maximum absolute atomic E-state index is 10.7. The zero-order valence-corrected chi connectivity index (χ0v) is 20.4. The quantitative estimate of drug-likeness (QED) is 0.105. The fourth-order valence-electron chi connectivity index (χ4n) is 1.60. The topological polar surface area (TPSA) is 480 Å². The smallest absolute Gasteiger partial charge is 0.369 e. The highest BCUT2D eigenvalue weighted by Gasteiger charge is 2.59. The molecule has 212 valence electrons. The summed E-state index contributed by atoms with van der Waals surface area (Å²) in [5.41, 5.74) is 10.0. The van der Waals surface area contributed by atoms with Gasteiger partial charge in [0.15, 0.2) is 0 Å². The number of hydrogen-bond donors (Lipinski definition) is 12. The van der Waals surface area contributed by atoms with Gasteiger partial charge in [0, 0.05) is 12.8 Å². The van der Waals surface area contributed by atoms with E-state index in [1.807, 2.05) is 0 Å². The SMILES string of the molecule is NCCCC(O)(P(=O)(O)O)P(=O)(O)O.NCCCC(O)(P(=O)(O)O)P(=O)(O)O.O.O.O.O.O. The van der Waals surface area contributed by atoms with Crippen molar-refractivity contribution < 1.29 is 95.0 Å². The molecule has 0 rings (SSSR count). The van der Waals surface area contributed by atoms with Gasteiger partial charge in [0.05, 0.1) is 0 Å². The van der Waals surface area contributed by atoms with Crippen molar-refractivity contribution in [3.8, 4) is 0 Å². The highest BCUT2D eigenvalue weighted by atomic mass is 31.2. The molecule has 0 atom stereocenters. The molecule has 21 nitrogen and oxygen atoms in total. The van der Waals surface area contributed by atoms with Gasteiger partial charge >= 0.3 is 30.4 Å². The molecule has 0 aromatic carbocycles. The second-order valence-corrected chi connectivity index (χ2v) is 13.5. The lowest BCUT2D eigenvalue weighted by Crippen LogP contribution is -2.29. The van der Waals surface area contributed by atoms with Crippen molar-refractivity contribution in [2.45, 2.75) is 35.8 Å². The molecule has 33 heavy (non-hydrogen) atoms. The summed E-state index contributed by atoms with van der Waals surface area (Å²) in [6.45, 7) is -0.0788. The summed E-state index contributed by atoms with van der Waals surface area (Å²) in [5.74, 6) is 0. The Morgan fingerprint density at radius 1 is 0.485 bits per heavy atom. The van der Waals surface area contributed by atoms with Gasteiger partial charge in [0.1, 0.15) is 0 Å². The molecule has 0 aromatic heterocycles. The highest BCUT2D eigenvalue weighted by Crippen LogP contribution is 2.70. The second-order valence-electron chi connectivity index (χ2n) is 5.51. The predicted octanol–water partition coefficient (Wildman–Crippen LogP) is -6.67. The normalized spacial score (nSPS) is 12.2. The van der Waals surface area contributed by atoms with E-state index >= 15 is 0 Å². The Morgan fingerprint density at radius 2 is 0.636 bits per heavy atom. The van der Waals surface area contributed by atoms with Crippen molar-refractivity contribution in [2.24, 2.45) is 11.5 Å². The van der Waals surface area contributed by atoms with Crippen LogP contribution in [0.25, 0.3) is 0 Å². The monoisotopic (exact) mass is 588 g/mol. The summed E-state index contributed by atoms with van der Waals surface area (Å²) in [5, 5.41) is 11.8. The van der Waals surface area contributed by atoms with Crippen LogP contribution in [0.15, 0.2) is 0 Å². The molecule has 0 fully saturated rings. The standard InChI is InChI=1S/2C4H13NO7P2.5H2O/c2*5-3-1-2-4(6,13(7,8)9)14(10,11)12;;;;;/h2*6H,1-3,5H2,(H2,7,8,9)(H2,10,11,12);5*1H2. The third-order valence-corrected chi connectivity index (χ3v) is 11.1. The van der Waals surface area contributed by atoms with E-state index in [9.17, 15) is 28.5 Å². The summed E-state index contributed by atoms with van der Waals surface area (Å²) >= 11 is 0. The summed E-state index contributed by atoms with van der Waals surface area (Å²) < 4.78 is 42.9. The first-order chi connectivity index (χ1) is 12.1. The van der Waals surface area contributed by atoms with Gasteiger partial charge in [-0.05, 0) is 25.9 Å². The maximum Gasteiger partial charge on any atom is 0.369 e. The van der Waals surface area contributed by atoms with Crippen molar-refractivity contribution in [1.82, 2.24) is 0 Å². The average molecular weight is 588 g/mol. The van der Waals surface area contributed by atoms with E-state index < -0.39 is 53.4 Å². The molecule has 25 heteroatoms. The van der Waals surface area contributed by atoms with Crippen molar-refractivity contribution >= 4 is 30.4 Å². The Hall–Kier alpha value is 0.240. The van der Waals surface area contributed by atoms with Crippen LogP contribution in [0.2, 0.25) is 0 Å². The average Bonchev–Trinajstić information content (AvgIpc) is 2.46. The number of nitrogens with two attached hydrogens (primary N) is 2. The molecular formula is C8H36N2O19P4. The van der Waals surface area contributed by atoms with Crippen LogP contribution in [0.1, 0.15) is 25.7 Å². The third kappa shape index (κ3) is 13.8. The first-order valence-electron chi connectivity index (χ1n) is 7.20. The van der Waals surface area contributed by atoms with Crippen LogP contribution in [-0.4, -0.2) is 100.0 Å². The summed E-state index contributed by atoms with van der Waals surface area (Å²) in [6, 6.07) is 0. The van der Waals surface area contributed by atoms with Crippen molar-refractivity contribution in [1.29, 1.82) is 0 Å². The molecule has 0 saturated carbocycles. The van der Waals surface area contributed by atoms with Gasteiger partial charge in [0.2, 0.25) is 0 Å². The minimum absolute atomic E-state index is 0. The van der Waals surface area contributed by atoms with Gasteiger partial charge in [-0.15, -0.1) is 0 Å². The zero-order chi connectivity index (χ0) is 23.2. The van der Waals surface area contributed by atoms with Gasteiger partial charge in [-0.2, -0.15) is 0 Å². The molecular weight excluding hydrogens is 552 g/mol. The largest absolute Gasteiger partial charge is 0.412 e. The first-order valence-corrected chi connectivity index (χ1v) is 13.6. The third-order valence-electron chi connectivity index (χ3n) is 3.30. The van der Waals surface area contributed by atoms with E-state index in [2.05, 4.69) is 0 Å². The number of hydrogen-bond acceptors (Lipinski definition) is 8.